The van der Waals surface area contributed by atoms with Gasteiger partial charge in [0.1, 0.15) is 73.1 Å². The number of phosphoric ester groups is 2. The van der Waals surface area contributed by atoms with E-state index in [0.717, 1.165) is 0 Å². The summed E-state index contributed by atoms with van der Waals surface area (Å²) in [4.78, 5) is 105. The third-order valence-corrected chi connectivity index (χ3v) is 16.4. The third-order valence-electron chi connectivity index (χ3n) is 8.83. The predicted octanol–water partition coefficient (Wildman–Crippen LogP) is -2.92. The van der Waals surface area contributed by atoms with Crippen LogP contribution in [-0.4, -0.2) is 168 Å². The number of hydrogen-bond acceptors (Lipinski definition) is 28. The van der Waals surface area contributed by atoms with Gasteiger partial charge in [-0.15, -0.1) is 0 Å². The molecule has 3 saturated heterocycles. The van der Waals surface area contributed by atoms with Gasteiger partial charge in [-0.3, -0.25) is 23.8 Å². The quantitative estimate of drug-likeness (QED) is 0.0557. The van der Waals surface area contributed by atoms with Crippen LogP contribution in [0, 0.1) is 0 Å². The Morgan fingerprint density at radius 1 is 0.618 bits per heavy atom. The van der Waals surface area contributed by atoms with Crippen LogP contribution < -0.4 is 11.5 Å². The van der Waals surface area contributed by atoms with Crippen LogP contribution in [0.2, 0.25) is 0 Å². The second-order valence-electron chi connectivity index (χ2n) is 13.4. The third kappa shape index (κ3) is 14.6. The number of hydrogen-bond donors (Lipinski definition) is 13. The summed E-state index contributed by atoms with van der Waals surface area (Å²) in [5.74, 6) is 0.404. The highest BCUT2D eigenvalue weighted by molar-refractivity contribution is 7.67. The number of ether oxygens (including phenoxy) is 5. The van der Waals surface area contributed by atoms with Gasteiger partial charge in [0, 0.05) is 18.2 Å². The van der Waals surface area contributed by atoms with Gasteiger partial charge in [-0.25, -0.2) is 47.3 Å². The van der Waals surface area contributed by atoms with E-state index >= 15 is 0 Å². The molecule has 0 saturated carbocycles. The monoisotopic (exact) mass is 1100 g/mol. The Morgan fingerprint density at radius 3 is 1.47 bits per heavy atom. The molecule has 5 unspecified atom stereocenters. The summed E-state index contributed by atoms with van der Waals surface area (Å²) in [6.45, 7) is -2.74. The Hall–Kier alpha value is -2.89. The number of aliphatic hydroxyl groups excluding tert-OH is 2. The van der Waals surface area contributed by atoms with Crippen LogP contribution >= 0.6 is 46.9 Å². The number of aromatic nitrogens is 4. The number of aliphatic hydroxyl groups is 2. The van der Waals surface area contributed by atoms with Crippen molar-refractivity contribution in [2.45, 2.75) is 68.4 Å². The number of anilines is 2. The lowest BCUT2D eigenvalue weighted by Gasteiger charge is -2.21. The fraction of sp³-hybridized carbons (Fsp3) is 0.560. The van der Waals surface area contributed by atoms with Crippen molar-refractivity contribution in [2.75, 3.05) is 31.8 Å². The minimum atomic E-state index is -5.69. The highest BCUT2D eigenvalue weighted by Crippen LogP contribution is 2.67. The zero-order chi connectivity index (χ0) is 50.8. The number of nitrogen functional groups attached to an aromatic ring is 2. The standard InChI is InChI=1S/C13H19N4O14P3.C11H17N4O13P3.CH2O2/c1-25-13-28-9-6(3-26-33(21,22)31-34(23,24)30-32(18,19)20)27-10(11(9)29-13)8-7-5(2-15-8)12(14)17-4-16-7;12-11-4-1-13-7(6(4)14-3-15-11)10-9(17)8(16)5(26-10)2-25-30(21,22)28-31(23,24)27-29(18,19)20;2-1-3/h4,6,9-11,13H,2-3H2,1H3,(H,21,22)(H,23,24)(H2,14,16,17)(H2,18,19,20);3,5,8-10,16-17H,1-2H2,(H,21,22)(H,23,24)(H2,12,14,15)(H2,18,19,20);1H,(H,2,3)/t6-,9-,10+,11-,13?;5-,8-,9-,10+;/m11./s1. The Balaban J connectivity index is 0.000000241. The topological polar surface area (TPSA) is 572 Å². The van der Waals surface area contributed by atoms with E-state index in [1.54, 1.807) is 0 Å². The molecule has 15 N–H and O–H groups in total. The molecular formula is C25H38N8O29P6. The average molecular weight is 1100 g/mol. The molecule has 0 bridgehead atoms. The zero-order valence-electron chi connectivity index (χ0n) is 33.5. The number of aliphatic imine (C=N–C) groups is 2. The van der Waals surface area contributed by atoms with Gasteiger partial charge in [0.2, 0.25) is 0 Å². The summed E-state index contributed by atoms with van der Waals surface area (Å²) in [6, 6.07) is 0. The lowest BCUT2D eigenvalue weighted by molar-refractivity contribution is -0.247. The molecule has 2 aromatic heterocycles. The van der Waals surface area contributed by atoms with E-state index in [2.05, 4.69) is 56.2 Å². The van der Waals surface area contributed by atoms with Gasteiger partial charge in [-0.05, 0) is 0 Å². The van der Waals surface area contributed by atoms with E-state index in [0.29, 0.717) is 22.5 Å². The van der Waals surface area contributed by atoms with Crippen LogP contribution in [0.5, 0.6) is 0 Å². The second kappa shape index (κ2) is 21.8. The summed E-state index contributed by atoms with van der Waals surface area (Å²) in [5, 5.41) is 27.3. The Bertz CT molecular complexity index is 2550. The molecule has 0 aliphatic carbocycles. The highest BCUT2D eigenvalue weighted by atomic mass is 31.3. The summed E-state index contributed by atoms with van der Waals surface area (Å²) in [7, 11) is -31.9. The van der Waals surface area contributed by atoms with Gasteiger partial charge in [0.15, 0.2) is 0 Å². The van der Waals surface area contributed by atoms with Gasteiger partial charge >= 0.3 is 46.9 Å². The molecule has 3 fully saturated rings. The average Bonchev–Trinajstić information content (AvgIpc) is 4.01. The number of rotatable bonds is 17. The van der Waals surface area contributed by atoms with Gasteiger partial charge in [-0.1, -0.05) is 0 Å². The molecule has 382 valence electrons. The molecule has 0 spiro atoms. The van der Waals surface area contributed by atoms with Crippen molar-refractivity contribution < 1.29 is 137 Å². The first-order valence-electron chi connectivity index (χ1n) is 17.8. The van der Waals surface area contributed by atoms with E-state index in [9.17, 15) is 52.3 Å². The lowest BCUT2D eigenvalue weighted by Crippen LogP contribution is -2.37. The second-order valence-corrected chi connectivity index (χ2v) is 22.2. The van der Waals surface area contributed by atoms with Gasteiger partial charge in [0.05, 0.1) is 49.1 Å². The molecule has 0 amide bonds. The van der Waals surface area contributed by atoms with Gasteiger partial charge in [-0.2, -0.15) is 17.2 Å². The molecular weight excluding hydrogens is 1060 g/mol. The number of carbonyl (C=O) groups is 1. The van der Waals surface area contributed by atoms with Crippen molar-refractivity contribution in [1.82, 2.24) is 19.9 Å². The molecule has 43 heteroatoms. The summed E-state index contributed by atoms with van der Waals surface area (Å²) in [5.41, 5.74) is 13.9. The minimum absolute atomic E-state index is 0.103. The number of fused-ring (bicyclic) bond motifs is 3. The molecule has 7 heterocycles. The fourth-order valence-corrected chi connectivity index (χ4v) is 12.4. The normalized spacial score (nSPS) is 29.8. The van der Waals surface area contributed by atoms with Crippen molar-refractivity contribution in [3.8, 4) is 0 Å². The smallest absolute Gasteiger partial charge is 0.483 e. The molecule has 2 aromatic rings. The zero-order valence-corrected chi connectivity index (χ0v) is 38.9. The Labute approximate surface area is 377 Å². The maximum Gasteiger partial charge on any atom is 0.490 e. The predicted molar refractivity (Wildman–Crippen MR) is 212 cm³/mol. The van der Waals surface area contributed by atoms with E-state index in [1.165, 1.54) is 19.8 Å². The number of carboxylic acid groups (broad SMARTS) is 1. The van der Waals surface area contributed by atoms with Gasteiger partial charge < -0.3 is 89.6 Å². The fourth-order valence-electron chi connectivity index (χ4n) is 6.38. The largest absolute Gasteiger partial charge is 0.490 e. The first-order chi connectivity index (χ1) is 31.4. The summed E-state index contributed by atoms with van der Waals surface area (Å²) in [6.07, 6.45) is -7.18. The lowest BCUT2D eigenvalue weighted by atomic mass is 10.0. The van der Waals surface area contributed by atoms with Crippen molar-refractivity contribution in [3.05, 3.63) is 35.2 Å². The van der Waals surface area contributed by atoms with Crippen LogP contribution in [0.15, 0.2) is 22.6 Å². The van der Waals surface area contributed by atoms with Gasteiger partial charge in [0.25, 0.3) is 12.9 Å². The minimum Gasteiger partial charge on any atom is -0.483 e. The van der Waals surface area contributed by atoms with Crippen molar-refractivity contribution in [3.63, 3.8) is 0 Å². The Kier molecular flexibility index (Phi) is 18.0. The number of methoxy groups -OCH3 is 1. The van der Waals surface area contributed by atoms with Crippen LogP contribution in [0.3, 0.4) is 0 Å². The molecule has 5 aliphatic heterocycles. The van der Waals surface area contributed by atoms with Crippen LogP contribution in [0.4, 0.5) is 11.6 Å². The summed E-state index contributed by atoms with van der Waals surface area (Å²) >= 11 is 0. The van der Waals surface area contributed by atoms with E-state index in [1.807, 2.05) is 0 Å². The number of phosphoric acid groups is 6. The molecule has 0 radical (unpaired) electrons. The van der Waals surface area contributed by atoms with Crippen LogP contribution in [-0.2, 0) is 95.2 Å². The van der Waals surface area contributed by atoms with E-state index in [4.69, 9.17) is 69.5 Å². The number of nitrogens with two attached hydrogens (primary N) is 2. The van der Waals surface area contributed by atoms with Crippen LogP contribution in [0.25, 0.3) is 0 Å². The number of nitrogens with zero attached hydrogens (tertiary/aromatic N) is 6. The molecule has 68 heavy (non-hydrogen) atoms. The molecule has 7 rings (SSSR count). The molecule has 13 atom stereocenters. The van der Waals surface area contributed by atoms with Crippen molar-refractivity contribution in [1.29, 1.82) is 0 Å². The van der Waals surface area contributed by atoms with Crippen molar-refractivity contribution >= 4 is 76.5 Å². The van der Waals surface area contributed by atoms with Crippen LogP contribution in [0.1, 0.15) is 22.5 Å². The SMILES string of the molecule is COC1O[C@@H]2[C@H](O1)[C@@H](COP(=O)(O)OP(=O)(O)OP(=O)(O)O)O[C@H]2C1=NCc2c(N)ncnc21.Nc1ncnc2c1CN=C2[C@@H]1O[C@H](COP(=O)(O)OP(=O)(O)OP(=O)(O)O)[C@@H](O)[C@H]1O.O=CO. The maximum atomic E-state index is 12.1. The first-order valence-corrected chi connectivity index (χ1v) is 26.9. The first kappa shape index (κ1) is 56.0. The molecule has 37 nitrogen and oxygen atoms in total. The molecule has 0 aromatic carbocycles. The maximum absolute atomic E-state index is 12.1. The Morgan fingerprint density at radius 2 is 1.03 bits per heavy atom. The van der Waals surface area contributed by atoms with Crippen molar-refractivity contribution in [2.24, 2.45) is 9.98 Å². The molecule has 5 aliphatic rings. The van der Waals surface area contributed by atoms with E-state index in [-0.39, 0.29) is 42.6 Å². The summed E-state index contributed by atoms with van der Waals surface area (Å²) < 4.78 is 119. The highest BCUT2D eigenvalue weighted by Gasteiger charge is 2.56. The van der Waals surface area contributed by atoms with E-state index < -0.39 is 115 Å².